The van der Waals surface area contributed by atoms with Gasteiger partial charge in [-0.2, -0.15) is 0 Å². The highest BCUT2D eigenvalue weighted by atomic mass is 79.9. The minimum Gasteiger partial charge on any atom is -0.376 e. The average Bonchev–Trinajstić information content (AvgIpc) is 3.15. The Morgan fingerprint density at radius 3 is 2.44 bits per heavy atom. The lowest BCUT2D eigenvalue weighted by Gasteiger charge is -2.16. The fourth-order valence-corrected chi connectivity index (χ4v) is 3.05. The molecule has 1 fully saturated rings. The summed E-state index contributed by atoms with van der Waals surface area (Å²) in [5, 5.41) is 5.89. The Balaban J connectivity index is 1.56. The summed E-state index contributed by atoms with van der Waals surface area (Å²) in [7, 11) is 0. The van der Waals surface area contributed by atoms with E-state index in [1.54, 1.807) is 24.3 Å². The molecule has 2 N–H and O–H groups in total. The highest BCUT2D eigenvalue weighted by Gasteiger charge is 2.19. The second-order valence-electron chi connectivity index (χ2n) is 5.99. The van der Waals surface area contributed by atoms with Crippen LogP contribution in [0.15, 0.2) is 53.0 Å². The van der Waals surface area contributed by atoms with E-state index in [1.807, 2.05) is 29.2 Å². The molecular formula is C19H20BrN3O2. The summed E-state index contributed by atoms with van der Waals surface area (Å²) in [6.45, 7) is 1.78. The highest BCUT2D eigenvalue weighted by Crippen LogP contribution is 2.17. The maximum atomic E-state index is 12.4. The van der Waals surface area contributed by atoms with Crippen molar-refractivity contribution in [2.24, 2.45) is 0 Å². The van der Waals surface area contributed by atoms with E-state index in [2.05, 4.69) is 26.6 Å². The van der Waals surface area contributed by atoms with Crippen molar-refractivity contribution in [3.63, 3.8) is 0 Å². The summed E-state index contributed by atoms with van der Waals surface area (Å²) in [4.78, 5) is 26.4. The summed E-state index contributed by atoms with van der Waals surface area (Å²) in [5.41, 5.74) is 2.12. The summed E-state index contributed by atoms with van der Waals surface area (Å²) >= 11 is 3.37. The molecule has 2 aromatic rings. The predicted octanol–water partition coefficient (Wildman–Crippen LogP) is 3.74. The minimum atomic E-state index is -0.159. The van der Waals surface area contributed by atoms with Gasteiger partial charge in [0.2, 0.25) is 5.91 Å². The molecule has 0 radical (unpaired) electrons. The van der Waals surface area contributed by atoms with Crippen molar-refractivity contribution >= 4 is 39.1 Å². The Morgan fingerprint density at radius 2 is 1.72 bits per heavy atom. The molecule has 0 aliphatic carbocycles. The van der Waals surface area contributed by atoms with Gasteiger partial charge in [0.05, 0.1) is 6.54 Å². The lowest BCUT2D eigenvalue weighted by molar-refractivity contribution is -0.114. The van der Waals surface area contributed by atoms with E-state index in [-0.39, 0.29) is 18.4 Å². The number of amides is 2. The van der Waals surface area contributed by atoms with Gasteiger partial charge in [-0.3, -0.25) is 9.59 Å². The summed E-state index contributed by atoms with van der Waals surface area (Å²) < 4.78 is 0.988. The zero-order valence-electron chi connectivity index (χ0n) is 13.8. The van der Waals surface area contributed by atoms with E-state index in [4.69, 9.17) is 0 Å². The molecule has 130 valence electrons. The van der Waals surface area contributed by atoms with Crippen molar-refractivity contribution in [3.8, 4) is 0 Å². The zero-order chi connectivity index (χ0) is 17.6. The normalized spacial score (nSPS) is 13.6. The van der Waals surface area contributed by atoms with Crippen molar-refractivity contribution in [2.75, 3.05) is 30.3 Å². The first-order chi connectivity index (χ1) is 12.1. The molecule has 0 atom stereocenters. The molecule has 25 heavy (non-hydrogen) atoms. The number of nitrogens with zero attached hydrogens (tertiary/aromatic N) is 1. The molecule has 0 saturated carbocycles. The van der Waals surface area contributed by atoms with Gasteiger partial charge in [-0.25, -0.2) is 0 Å². The Hall–Kier alpha value is -2.34. The molecule has 0 aromatic heterocycles. The second kappa shape index (κ2) is 8.16. The number of carbonyl (C=O) groups excluding carboxylic acids is 2. The first kappa shape index (κ1) is 17.5. The van der Waals surface area contributed by atoms with Crippen LogP contribution in [0.25, 0.3) is 0 Å². The summed E-state index contributed by atoms with van der Waals surface area (Å²) in [6, 6.07) is 14.7. The predicted molar refractivity (Wildman–Crippen MR) is 103 cm³/mol. The van der Waals surface area contributed by atoms with Crippen LogP contribution in [0.4, 0.5) is 11.4 Å². The van der Waals surface area contributed by atoms with Crippen molar-refractivity contribution in [1.29, 1.82) is 0 Å². The van der Waals surface area contributed by atoms with E-state index in [0.29, 0.717) is 11.3 Å². The quantitative estimate of drug-likeness (QED) is 0.801. The largest absolute Gasteiger partial charge is 0.376 e. The number of nitrogens with one attached hydrogen (secondary N) is 2. The number of anilines is 2. The fraction of sp³-hybridized carbons (Fsp3) is 0.263. The van der Waals surface area contributed by atoms with Crippen LogP contribution in [0.2, 0.25) is 0 Å². The first-order valence-electron chi connectivity index (χ1n) is 8.30. The number of likely N-dealkylation sites (tertiary alicyclic amines) is 1. The molecule has 1 heterocycles. The van der Waals surface area contributed by atoms with Gasteiger partial charge < -0.3 is 15.5 Å². The molecule has 1 aliphatic heterocycles. The minimum absolute atomic E-state index is 0.0292. The van der Waals surface area contributed by atoms with Gasteiger partial charge in [0, 0.05) is 34.5 Å². The SMILES string of the molecule is O=C(CNc1ccc(Br)cc1)Nc1cccc(C(=O)N2CCCC2)c1. The van der Waals surface area contributed by atoms with Crippen LogP contribution in [0.1, 0.15) is 23.2 Å². The lowest BCUT2D eigenvalue weighted by Crippen LogP contribution is -2.27. The van der Waals surface area contributed by atoms with E-state index in [0.717, 1.165) is 36.1 Å². The highest BCUT2D eigenvalue weighted by molar-refractivity contribution is 9.10. The lowest BCUT2D eigenvalue weighted by atomic mass is 10.1. The number of halogens is 1. The molecule has 0 unspecified atom stereocenters. The van der Waals surface area contributed by atoms with E-state index < -0.39 is 0 Å². The molecule has 6 heteroatoms. The van der Waals surface area contributed by atoms with Gasteiger partial charge in [0.25, 0.3) is 5.91 Å². The van der Waals surface area contributed by atoms with Gasteiger partial charge >= 0.3 is 0 Å². The molecule has 5 nitrogen and oxygen atoms in total. The fourth-order valence-electron chi connectivity index (χ4n) is 2.79. The number of hydrogen-bond donors (Lipinski definition) is 2. The average molecular weight is 402 g/mol. The maximum absolute atomic E-state index is 12.4. The van der Waals surface area contributed by atoms with Crippen molar-refractivity contribution < 1.29 is 9.59 Å². The number of benzene rings is 2. The van der Waals surface area contributed by atoms with Gasteiger partial charge in [0.15, 0.2) is 0 Å². The molecule has 2 aromatic carbocycles. The number of rotatable bonds is 5. The molecule has 1 aliphatic rings. The van der Waals surface area contributed by atoms with Crippen molar-refractivity contribution in [2.45, 2.75) is 12.8 Å². The monoisotopic (exact) mass is 401 g/mol. The van der Waals surface area contributed by atoms with Crippen LogP contribution in [0.5, 0.6) is 0 Å². The van der Waals surface area contributed by atoms with Crippen LogP contribution in [0, 0.1) is 0 Å². The Bertz CT molecular complexity index is 756. The van der Waals surface area contributed by atoms with E-state index in [9.17, 15) is 9.59 Å². The summed E-state index contributed by atoms with van der Waals surface area (Å²) in [5.74, 6) is -0.129. The number of hydrogen-bond acceptors (Lipinski definition) is 3. The van der Waals surface area contributed by atoms with E-state index in [1.165, 1.54) is 0 Å². The van der Waals surface area contributed by atoms with Crippen LogP contribution in [-0.4, -0.2) is 36.3 Å². The Morgan fingerprint density at radius 1 is 1.00 bits per heavy atom. The summed E-state index contributed by atoms with van der Waals surface area (Å²) in [6.07, 6.45) is 2.12. The van der Waals surface area contributed by atoms with Gasteiger partial charge in [0.1, 0.15) is 0 Å². The van der Waals surface area contributed by atoms with E-state index >= 15 is 0 Å². The van der Waals surface area contributed by atoms with Crippen LogP contribution < -0.4 is 10.6 Å². The zero-order valence-corrected chi connectivity index (χ0v) is 15.4. The molecule has 2 amide bonds. The standard InChI is InChI=1S/C19H20BrN3O2/c20-15-6-8-16(9-7-15)21-13-18(24)22-17-5-3-4-14(12-17)19(25)23-10-1-2-11-23/h3-9,12,21H,1-2,10-11,13H2,(H,22,24). The topological polar surface area (TPSA) is 61.4 Å². The molecule has 0 bridgehead atoms. The molecular weight excluding hydrogens is 382 g/mol. The second-order valence-corrected chi connectivity index (χ2v) is 6.90. The van der Waals surface area contributed by atoms with Crippen molar-refractivity contribution in [3.05, 3.63) is 58.6 Å². The van der Waals surface area contributed by atoms with Gasteiger partial charge in [-0.15, -0.1) is 0 Å². The molecule has 3 rings (SSSR count). The maximum Gasteiger partial charge on any atom is 0.253 e. The van der Waals surface area contributed by atoms with Crippen LogP contribution in [0.3, 0.4) is 0 Å². The Kier molecular flexibility index (Phi) is 5.71. The third-order valence-electron chi connectivity index (χ3n) is 4.08. The smallest absolute Gasteiger partial charge is 0.253 e. The van der Waals surface area contributed by atoms with Gasteiger partial charge in [-0.05, 0) is 55.3 Å². The molecule has 1 saturated heterocycles. The Labute approximate surface area is 155 Å². The third-order valence-corrected chi connectivity index (χ3v) is 4.61. The van der Waals surface area contributed by atoms with Crippen LogP contribution in [-0.2, 0) is 4.79 Å². The number of carbonyl (C=O) groups is 2. The van der Waals surface area contributed by atoms with Gasteiger partial charge in [-0.1, -0.05) is 22.0 Å². The first-order valence-corrected chi connectivity index (χ1v) is 9.10. The van der Waals surface area contributed by atoms with Crippen molar-refractivity contribution in [1.82, 2.24) is 4.90 Å². The van der Waals surface area contributed by atoms with Crippen LogP contribution >= 0.6 is 15.9 Å². The third kappa shape index (κ3) is 4.82. The molecule has 0 spiro atoms.